The van der Waals surface area contributed by atoms with Crippen molar-refractivity contribution in [2.75, 3.05) is 13.3 Å². The number of benzene rings is 2. The minimum absolute atomic E-state index is 0.220. The maximum absolute atomic E-state index is 12.5. The van der Waals surface area contributed by atoms with E-state index in [1.54, 1.807) is 0 Å². The lowest BCUT2D eigenvalue weighted by atomic mass is 9.99. The van der Waals surface area contributed by atoms with Gasteiger partial charge >= 0.3 is 0 Å². The largest absolute Gasteiger partial charge is 0.454 e. The first kappa shape index (κ1) is 14.1. The van der Waals surface area contributed by atoms with Gasteiger partial charge in [0.15, 0.2) is 11.5 Å². The zero-order valence-corrected chi connectivity index (χ0v) is 13.0. The average Bonchev–Trinajstić information content (AvgIpc) is 3.07. The van der Waals surface area contributed by atoms with Crippen molar-refractivity contribution in [3.63, 3.8) is 0 Å². The molecular weight excluding hydrogens is 290 g/mol. The molecule has 2 aromatic carbocycles. The Morgan fingerprint density at radius 2 is 1.87 bits per heavy atom. The Labute approximate surface area is 135 Å². The molecule has 118 valence electrons. The predicted molar refractivity (Wildman–Crippen MR) is 86.4 cm³/mol. The maximum Gasteiger partial charge on any atom is 0.231 e. The van der Waals surface area contributed by atoms with Crippen LogP contribution >= 0.6 is 0 Å². The van der Waals surface area contributed by atoms with Crippen molar-refractivity contribution in [1.29, 1.82) is 0 Å². The monoisotopic (exact) mass is 309 g/mol. The van der Waals surface area contributed by atoms with Crippen LogP contribution in [0.15, 0.2) is 42.5 Å². The molecule has 0 spiro atoms. The van der Waals surface area contributed by atoms with E-state index in [-0.39, 0.29) is 12.7 Å². The number of aryl methyl sites for hydroxylation is 1. The summed E-state index contributed by atoms with van der Waals surface area (Å²) in [5, 5.41) is 0. The smallest absolute Gasteiger partial charge is 0.231 e. The quantitative estimate of drug-likeness (QED) is 0.875. The molecule has 0 bridgehead atoms. The Morgan fingerprint density at radius 1 is 1.04 bits per heavy atom. The SMILES string of the molecule is O=C(CCc1ccc2c(c1)OCO2)N1CCc2ccccc2C1. The Balaban J connectivity index is 1.37. The molecule has 4 heteroatoms. The summed E-state index contributed by atoms with van der Waals surface area (Å²) >= 11 is 0. The van der Waals surface area contributed by atoms with Gasteiger partial charge in [0.25, 0.3) is 0 Å². The molecule has 0 atom stereocenters. The van der Waals surface area contributed by atoms with E-state index in [4.69, 9.17) is 9.47 Å². The van der Waals surface area contributed by atoms with Gasteiger partial charge in [-0.1, -0.05) is 30.3 Å². The Morgan fingerprint density at radius 3 is 2.78 bits per heavy atom. The van der Waals surface area contributed by atoms with Crippen LogP contribution in [0.4, 0.5) is 0 Å². The van der Waals surface area contributed by atoms with Gasteiger partial charge < -0.3 is 14.4 Å². The Bertz CT molecular complexity index is 741. The van der Waals surface area contributed by atoms with Crippen LogP contribution in [0.5, 0.6) is 11.5 Å². The maximum atomic E-state index is 12.5. The summed E-state index contributed by atoms with van der Waals surface area (Å²) in [6.07, 6.45) is 2.21. The van der Waals surface area contributed by atoms with Gasteiger partial charge in [-0.2, -0.15) is 0 Å². The highest BCUT2D eigenvalue weighted by Crippen LogP contribution is 2.32. The molecule has 2 aromatic rings. The summed E-state index contributed by atoms with van der Waals surface area (Å²) in [6.45, 7) is 1.83. The number of carbonyl (C=O) groups excluding carboxylic acids is 1. The van der Waals surface area contributed by atoms with E-state index >= 15 is 0 Å². The number of carbonyl (C=O) groups is 1. The zero-order valence-electron chi connectivity index (χ0n) is 13.0. The van der Waals surface area contributed by atoms with E-state index in [1.165, 1.54) is 11.1 Å². The summed E-state index contributed by atoms with van der Waals surface area (Å²) in [5.74, 6) is 1.78. The number of hydrogen-bond donors (Lipinski definition) is 0. The van der Waals surface area contributed by atoms with Crippen LogP contribution in [0.2, 0.25) is 0 Å². The van der Waals surface area contributed by atoms with Crippen molar-refractivity contribution in [2.24, 2.45) is 0 Å². The van der Waals surface area contributed by atoms with Crippen LogP contribution in [0, 0.1) is 0 Å². The van der Waals surface area contributed by atoms with Crippen molar-refractivity contribution in [1.82, 2.24) is 4.90 Å². The van der Waals surface area contributed by atoms with Gasteiger partial charge in [0.05, 0.1) is 0 Å². The van der Waals surface area contributed by atoms with Gasteiger partial charge in [0, 0.05) is 19.5 Å². The van der Waals surface area contributed by atoms with Gasteiger partial charge in [-0.25, -0.2) is 0 Å². The fourth-order valence-corrected chi connectivity index (χ4v) is 3.21. The fraction of sp³-hybridized carbons (Fsp3) is 0.316. The molecule has 0 aliphatic carbocycles. The van der Waals surface area contributed by atoms with Crippen LogP contribution in [0.25, 0.3) is 0 Å². The van der Waals surface area contributed by atoms with E-state index in [2.05, 4.69) is 18.2 Å². The van der Waals surface area contributed by atoms with Crippen molar-refractivity contribution in [3.8, 4) is 11.5 Å². The van der Waals surface area contributed by atoms with Crippen molar-refractivity contribution in [3.05, 3.63) is 59.2 Å². The molecule has 0 N–H and O–H groups in total. The molecule has 0 radical (unpaired) electrons. The third-order valence-corrected chi connectivity index (χ3v) is 4.55. The van der Waals surface area contributed by atoms with Gasteiger partial charge in [0.2, 0.25) is 12.7 Å². The molecule has 23 heavy (non-hydrogen) atoms. The number of rotatable bonds is 3. The predicted octanol–water partition coefficient (Wildman–Crippen LogP) is 2.93. The normalized spacial score (nSPS) is 15.4. The minimum Gasteiger partial charge on any atom is -0.454 e. The molecule has 2 heterocycles. The van der Waals surface area contributed by atoms with E-state index in [0.717, 1.165) is 43.0 Å². The van der Waals surface area contributed by atoms with Gasteiger partial charge in [-0.15, -0.1) is 0 Å². The molecular formula is C19H19NO3. The molecule has 4 rings (SSSR count). The van der Waals surface area contributed by atoms with Crippen LogP contribution in [-0.4, -0.2) is 24.1 Å². The van der Waals surface area contributed by atoms with Crippen LogP contribution in [0.3, 0.4) is 0 Å². The summed E-state index contributed by atoms with van der Waals surface area (Å²) in [5.41, 5.74) is 3.75. The molecule has 2 aliphatic rings. The number of fused-ring (bicyclic) bond motifs is 2. The summed E-state index contributed by atoms with van der Waals surface area (Å²) < 4.78 is 10.7. The molecule has 0 aromatic heterocycles. The van der Waals surface area contributed by atoms with Crippen LogP contribution in [0.1, 0.15) is 23.1 Å². The van der Waals surface area contributed by atoms with Gasteiger partial charge in [0.1, 0.15) is 0 Å². The van der Waals surface area contributed by atoms with Crippen LogP contribution < -0.4 is 9.47 Å². The topological polar surface area (TPSA) is 38.8 Å². The number of ether oxygens (including phenoxy) is 2. The molecule has 1 amide bonds. The molecule has 0 saturated carbocycles. The van der Waals surface area contributed by atoms with Gasteiger partial charge in [-0.05, 0) is 41.7 Å². The third kappa shape index (κ3) is 2.89. The first-order chi connectivity index (χ1) is 11.3. The lowest BCUT2D eigenvalue weighted by molar-refractivity contribution is -0.132. The molecule has 0 unspecified atom stereocenters. The van der Waals surface area contributed by atoms with Crippen molar-refractivity contribution >= 4 is 5.91 Å². The minimum atomic E-state index is 0.220. The number of hydrogen-bond acceptors (Lipinski definition) is 3. The zero-order chi connectivity index (χ0) is 15.6. The molecule has 0 saturated heterocycles. The van der Waals surface area contributed by atoms with Gasteiger partial charge in [-0.3, -0.25) is 4.79 Å². The fourth-order valence-electron chi connectivity index (χ4n) is 3.21. The molecule has 2 aliphatic heterocycles. The second-order valence-electron chi connectivity index (χ2n) is 6.02. The summed E-state index contributed by atoms with van der Waals surface area (Å²) in [4.78, 5) is 14.5. The van der Waals surface area contributed by atoms with E-state index in [9.17, 15) is 4.79 Å². The highest BCUT2D eigenvalue weighted by Gasteiger charge is 2.20. The van der Waals surface area contributed by atoms with Crippen molar-refractivity contribution < 1.29 is 14.3 Å². The highest BCUT2D eigenvalue weighted by atomic mass is 16.7. The van der Waals surface area contributed by atoms with E-state index in [1.807, 2.05) is 29.2 Å². The highest BCUT2D eigenvalue weighted by molar-refractivity contribution is 5.76. The lowest BCUT2D eigenvalue weighted by Gasteiger charge is -2.29. The lowest BCUT2D eigenvalue weighted by Crippen LogP contribution is -2.36. The molecule has 0 fully saturated rings. The summed E-state index contributed by atoms with van der Waals surface area (Å²) in [7, 11) is 0. The Kier molecular flexibility index (Phi) is 3.66. The Hall–Kier alpha value is -2.49. The first-order valence-electron chi connectivity index (χ1n) is 8.03. The number of nitrogens with zero attached hydrogens (tertiary/aromatic N) is 1. The van der Waals surface area contributed by atoms with Crippen molar-refractivity contribution in [2.45, 2.75) is 25.8 Å². The average molecular weight is 309 g/mol. The second-order valence-corrected chi connectivity index (χ2v) is 6.02. The second kappa shape index (κ2) is 5.95. The molecule has 4 nitrogen and oxygen atoms in total. The summed E-state index contributed by atoms with van der Waals surface area (Å²) in [6, 6.07) is 14.3. The van der Waals surface area contributed by atoms with Crippen LogP contribution in [-0.2, 0) is 24.2 Å². The first-order valence-corrected chi connectivity index (χ1v) is 8.03. The number of amides is 1. The standard InChI is InChI=1S/C19H19NO3/c21-19(20-10-9-15-3-1-2-4-16(15)12-20)8-6-14-5-7-17-18(11-14)23-13-22-17/h1-5,7,11H,6,8-10,12-13H2. The van der Waals surface area contributed by atoms with E-state index in [0.29, 0.717) is 6.42 Å². The third-order valence-electron chi connectivity index (χ3n) is 4.55. The van der Waals surface area contributed by atoms with E-state index < -0.39 is 0 Å².